The van der Waals surface area contributed by atoms with Gasteiger partial charge in [-0.25, -0.2) is 4.79 Å². The summed E-state index contributed by atoms with van der Waals surface area (Å²) in [4.78, 5) is 18.9. The Morgan fingerprint density at radius 3 is 2.61 bits per heavy atom. The third kappa shape index (κ3) is 2.97. The van der Waals surface area contributed by atoms with Gasteiger partial charge in [-0.2, -0.15) is 0 Å². The molecule has 3 aromatic rings. The predicted molar refractivity (Wildman–Crippen MR) is 113 cm³/mol. The zero-order chi connectivity index (χ0) is 19.1. The molecule has 4 nitrogen and oxygen atoms in total. The molecule has 1 aliphatic carbocycles. The Morgan fingerprint density at radius 2 is 1.82 bits per heavy atom. The first-order valence-corrected chi connectivity index (χ1v) is 10.4. The van der Waals surface area contributed by atoms with E-state index in [4.69, 9.17) is 0 Å². The van der Waals surface area contributed by atoms with E-state index in [0.29, 0.717) is 6.04 Å². The van der Waals surface area contributed by atoms with Crippen molar-refractivity contribution in [2.24, 2.45) is 0 Å². The highest BCUT2D eigenvalue weighted by Gasteiger charge is 2.35. The number of urea groups is 1. The molecule has 2 aromatic carbocycles. The van der Waals surface area contributed by atoms with Crippen molar-refractivity contribution in [2.45, 2.75) is 51.1 Å². The number of hydrogen-bond acceptors (Lipinski definition) is 1. The molecule has 2 heterocycles. The number of nitrogens with zero attached hydrogens (tertiary/aromatic N) is 1. The Kier molecular flexibility index (Phi) is 4.34. The number of hydrogen-bond donors (Lipinski definition) is 2. The summed E-state index contributed by atoms with van der Waals surface area (Å²) < 4.78 is 0. The number of fused-ring (bicyclic) bond motifs is 3. The van der Waals surface area contributed by atoms with Crippen LogP contribution in [0.15, 0.2) is 48.5 Å². The molecular weight excluding hydrogens is 346 g/mol. The molecule has 0 unspecified atom stereocenters. The number of nitrogens with one attached hydrogen (secondary N) is 2. The van der Waals surface area contributed by atoms with Gasteiger partial charge in [-0.05, 0) is 43.4 Å². The molecule has 0 radical (unpaired) electrons. The van der Waals surface area contributed by atoms with E-state index in [1.807, 2.05) is 4.90 Å². The molecule has 1 aromatic heterocycles. The SMILES string of the molecule is Cc1ccc([C@@H]2c3[nH]c4ccccc4c3CCN2C(=O)NC2CCCC2)cc1. The molecule has 0 bridgehead atoms. The van der Waals surface area contributed by atoms with Gasteiger partial charge in [-0.1, -0.05) is 60.9 Å². The third-order valence-corrected chi connectivity index (χ3v) is 6.37. The second kappa shape index (κ2) is 7.01. The highest BCUT2D eigenvalue weighted by molar-refractivity contribution is 5.86. The van der Waals surface area contributed by atoms with Gasteiger partial charge in [-0.3, -0.25) is 0 Å². The molecule has 1 aliphatic heterocycles. The zero-order valence-electron chi connectivity index (χ0n) is 16.4. The Morgan fingerprint density at radius 1 is 1.07 bits per heavy atom. The van der Waals surface area contributed by atoms with Crippen LogP contribution in [0.2, 0.25) is 0 Å². The smallest absolute Gasteiger partial charge is 0.318 e. The van der Waals surface area contributed by atoms with Crippen LogP contribution in [0.4, 0.5) is 4.79 Å². The summed E-state index contributed by atoms with van der Waals surface area (Å²) in [5.74, 6) is 0. The summed E-state index contributed by atoms with van der Waals surface area (Å²) in [5.41, 5.74) is 6.07. The Balaban J connectivity index is 1.56. The van der Waals surface area contributed by atoms with Crippen molar-refractivity contribution >= 4 is 16.9 Å². The van der Waals surface area contributed by atoms with Crippen LogP contribution in [0.25, 0.3) is 10.9 Å². The van der Waals surface area contributed by atoms with Crippen LogP contribution in [-0.4, -0.2) is 28.5 Å². The summed E-state index contributed by atoms with van der Waals surface area (Å²) in [6.45, 7) is 2.84. The van der Waals surface area contributed by atoms with Gasteiger partial charge in [0.1, 0.15) is 0 Å². The summed E-state index contributed by atoms with van der Waals surface area (Å²) in [6, 6.07) is 17.4. The largest absolute Gasteiger partial charge is 0.356 e. The quantitative estimate of drug-likeness (QED) is 0.647. The summed E-state index contributed by atoms with van der Waals surface area (Å²) in [6.07, 6.45) is 5.54. The number of aromatic nitrogens is 1. The maximum absolute atomic E-state index is 13.2. The molecule has 2 N–H and O–H groups in total. The maximum Gasteiger partial charge on any atom is 0.318 e. The number of aryl methyl sites for hydroxylation is 1. The molecule has 28 heavy (non-hydrogen) atoms. The van der Waals surface area contributed by atoms with Gasteiger partial charge < -0.3 is 15.2 Å². The fourth-order valence-electron chi connectivity index (χ4n) is 4.88. The van der Waals surface area contributed by atoms with Crippen molar-refractivity contribution < 1.29 is 4.79 Å². The van der Waals surface area contributed by atoms with Crippen LogP contribution in [0.5, 0.6) is 0 Å². The maximum atomic E-state index is 13.2. The first-order valence-electron chi connectivity index (χ1n) is 10.4. The topological polar surface area (TPSA) is 48.1 Å². The van der Waals surface area contributed by atoms with Crippen molar-refractivity contribution in [1.82, 2.24) is 15.2 Å². The molecule has 2 aliphatic rings. The predicted octanol–water partition coefficient (Wildman–Crippen LogP) is 5.08. The van der Waals surface area contributed by atoms with Crippen molar-refractivity contribution in [2.75, 3.05) is 6.54 Å². The summed E-state index contributed by atoms with van der Waals surface area (Å²) in [7, 11) is 0. The molecule has 1 saturated carbocycles. The van der Waals surface area contributed by atoms with Crippen molar-refractivity contribution in [3.63, 3.8) is 0 Å². The van der Waals surface area contributed by atoms with E-state index in [9.17, 15) is 4.79 Å². The van der Waals surface area contributed by atoms with Gasteiger partial charge in [0.05, 0.1) is 6.04 Å². The highest BCUT2D eigenvalue weighted by atomic mass is 16.2. The monoisotopic (exact) mass is 373 g/mol. The van der Waals surface area contributed by atoms with Crippen molar-refractivity contribution in [3.05, 3.63) is 70.9 Å². The number of rotatable bonds is 2. The fraction of sp³-hybridized carbons (Fsp3) is 0.375. The second-order valence-electron chi connectivity index (χ2n) is 8.25. The summed E-state index contributed by atoms with van der Waals surface area (Å²) >= 11 is 0. The van der Waals surface area contributed by atoms with Crippen LogP contribution in [-0.2, 0) is 6.42 Å². The van der Waals surface area contributed by atoms with E-state index in [1.165, 1.54) is 34.9 Å². The lowest BCUT2D eigenvalue weighted by atomic mass is 9.92. The van der Waals surface area contributed by atoms with Crippen LogP contribution in [0, 0.1) is 6.92 Å². The van der Waals surface area contributed by atoms with Gasteiger partial charge >= 0.3 is 6.03 Å². The lowest BCUT2D eigenvalue weighted by molar-refractivity contribution is 0.175. The highest BCUT2D eigenvalue weighted by Crippen LogP contribution is 2.38. The average Bonchev–Trinajstić information content (AvgIpc) is 3.35. The molecule has 2 amide bonds. The van der Waals surface area contributed by atoms with Crippen LogP contribution >= 0.6 is 0 Å². The minimum Gasteiger partial charge on any atom is -0.356 e. The number of carbonyl (C=O) groups excluding carboxylic acids is 1. The number of amides is 2. The normalized spacial score (nSPS) is 19.8. The minimum atomic E-state index is -0.0712. The van der Waals surface area contributed by atoms with Crippen molar-refractivity contribution in [1.29, 1.82) is 0 Å². The van der Waals surface area contributed by atoms with Gasteiger partial charge in [0, 0.05) is 29.2 Å². The van der Waals surface area contributed by atoms with E-state index in [0.717, 1.165) is 37.0 Å². The van der Waals surface area contributed by atoms with Gasteiger partial charge in [-0.15, -0.1) is 0 Å². The van der Waals surface area contributed by atoms with Crippen LogP contribution < -0.4 is 5.32 Å². The Hall–Kier alpha value is -2.75. The molecule has 1 fully saturated rings. The fourth-order valence-corrected chi connectivity index (χ4v) is 4.88. The minimum absolute atomic E-state index is 0.0711. The molecule has 0 spiro atoms. The van der Waals surface area contributed by atoms with Crippen LogP contribution in [0.1, 0.15) is 54.1 Å². The zero-order valence-corrected chi connectivity index (χ0v) is 16.4. The first kappa shape index (κ1) is 17.4. The molecule has 5 rings (SSSR count). The van der Waals surface area contributed by atoms with Gasteiger partial charge in [0.25, 0.3) is 0 Å². The summed E-state index contributed by atoms with van der Waals surface area (Å²) in [5, 5.41) is 4.58. The van der Waals surface area contributed by atoms with Gasteiger partial charge in [0.15, 0.2) is 0 Å². The van der Waals surface area contributed by atoms with Crippen molar-refractivity contribution in [3.8, 4) is 0 Å². The number of aromatic amines is 1. The standard InChI is InChI=1S/C24H27N3O/c1-16-10-12-17(13-11-16)23-22-20(19-8-4-5-9-21(19)26-22)14-15-27(23)24(28)25-18-6-2-3-7-18/h4-5,8-13,18,23,26H,2-3,6-7,14-15H2,1H3,(H,25,28)/t23-/m1/s1. The number of H-pyrrole nitrogens is 1. The first-order chi connectivity index (χ1) is 13.7. The Labute approximate surface area is 165 Å². The third-order valence-electron chi connectivity index (χ3n) is 6.37. The number of benzene rings is 2. The molecule has 4 heteroatoms. The lowest BCUT2D eigenvalue weighted by Crippen LogP contribution is -2.48. The Bertz CT molecular complexity index is 998. The molecule has 144 valence electrons. The number of para-hydroxylation sites is 1. The molecule has 1 atom stereocenters. The molecule has 0 saturated heterocycles. The molecular formula is C24H27N3O. The average molecular weight is 374 g/mol. The lowest BCUT2D eigenvalue weighted by Gasteiger charge is -2.37. The van der Waals surface area contributed by atoms with E-state index in [2.05, 4.69) is 65.8 Å². The van der Waals surface area contributed by atoms with E-state index in [-0.39, 0.29) is 12.1 Å². The van der Waals surface area contributed by atoms with E-state index < -0.39 is 0 Å². The van der Waals surface area contributed by atoms with Gasteiger partial charge in [0.2, 0.25) is 0 Å². The van der Waals surface area contributed by atoms with E-state index >= 15 is 0 Å². The van der Waals surface area contributed by atoms with E-state index in [1.54, 1.807) is 0 Å². The second-order valence-corrected chi connectivity index (χ2v) is 8.25. The van der Waals surface area contributed by atoms with Crippen LogP contribution in [0.3, 0.4) is 0 Å². The number of carbonyl (C=O) groups is 1.